The fourth-order valence-corrected chi connectivity index (χ4v) is 6.23. The zero-order chi connectivity index (χ0) is 23.6. The average molecular weight is 478 g/mol. The van der Waals surface area contributed by atoms with E-state index in [9.17, 15) is 4.79 Å². The molecule has 0 aliphatic carbocycles. The van der Waals surface area contributed by atoms with Gasteiger partial charge in [0.2, 0.25) is 0 Å². The number of nitrogens with zero attached hydrogens (tertiary/aromatic N) is 6. The lowest BCUT2D eigenvalue weighted by Crippen LogP contribution is -2.62. The van der Waals surface area contributed by atoms with E-state index in [1.54, 1.807) is 0 Å². The van der Waals surface area contributed by atoms with E-state index in [1.807, 2.05) is 18.7 Å². The second-order valence-electron chi connectivity index (χ2n) is 10.5. The van der Waals surface area contributed by atoms with Gasteiger partial charge in [-0.1, -0.05) is 0 Å². The van der Waals surface area contributed by atoms with Crippen molar-refractivity contribution in [3.8, 4) is 0 Å². The lowest BCUT2D eigenvalue weighted by Gasteiger charge is -2.52. The van der Waals surface area contributed by atoms with Gasteiger partial charge in [-0.25, -0.2) is 9.97 Å². The summed E-state index contributed by atoms with van der Waals surface area (Å²) in [5.74, 6) is 0.849. The van der Waals surface area contributed by atoms with Gasteiger partial charge in [-0.05, 0) is 59.3 Å². The third kappa shape index (κ3) is 5.53. The third-order valence-corrected chi connectivity index (χ3v) is 8.92. The van der Waals surface area contributed by atoms with Crippen LogP contribution in [0.1, 0.15) is 61.3 Å². The molecule has 3 fully saturated rings. The number of hydrogen-bond acceptors (Lipinski definition) is 7. The number of amides is 1. The highest BCUT2D eigenvalue weighted by molar-refractivity contribution is 7.91. The van der Waals surface area contributed by atoms with Crippen LogP contribution in [0.25, 0.3) is 0 Å². The minimum absolute atomic E-state index is 0.0840. The molecule has 184 valence electrons. The van der Waals surface area contributed by atoms with E-state index >= 15 is 0 Å². The first-order valence-electron chi connectivity index (χ1n) is 12.5. The molecular formula is C24H41N6O2S+. The maximum atomic E-state index is 13.2. The Hall–Kier alpha value is -1.26. The molecule has 0 spiro atoms. The molecule has 33 heavy (non-hydrogen) atoms. The Morgan fingerprint density at radius 2 is 1.73 bits per heavy atom. The highest BCUT2D eigenvalue weighted by atomic mass is 32.2. The first kappa shape index (κ1) is 24.9. The molecule has 2 N–H and O–H groups in total. The van der Waals surface area contributed by atoms with Crippen LogP contribution in [0, 0.1) is 19.8 Å². The second kappa shape index (κ2) is 10.6. The summed E-state index contributed by atoms with van der Waals surface area (Å²) in [5.41, 5.74) is 2.38. The van der Waals surface area contributed by atoms with Gasteiger partial charge >= 0.3 is 0 Å². The van der Waals surface area contributed by atoms with Gasteiger partial charge in [0.25, 0.3) is 18.1 Å². The van der Waals surface area contributed by atoms with Gasteiger partial charge in [-0.15, -0.1) is 0 Å². The largest absolute Gasteiger partial charge is 0.358 e. The van der Waals surface area contributed by atoms with Crippen molar-refractivity contribution >= 4 is 18.1 Å². The molecule has 3 aliphatic heterocycles. The first-order chi connectivity index (χ1) is 15.8. The SMILES string of the molecule is Cc1ncnc(C)c1C(=O)N1CCC(C)(N2CCN(CC3CCN(S[OH2+])CC3)C(C)C2)CC1. The molecule has 3 aliphatic rings. The van der Waals surface area contributed by atoms with Crippen LogP contribution in [0.4, 0.5) is 0 Å². The minimum atomic E-state index is 0.0840. The van der Waals surface area contributed by atoms with Crippen molar-refractivity contribution in [3.63, 3.8) is 0 Å². The van der Waals surface area contributed by atoms with E-state index in [2.05, 4.69) is 37.9 Å². The van der Waals surface area contributed by atoms with E-state index in [4.69, 9.17) is 4.55 Å². The topological polar surface area (TPSA) is 78.7 Å². The number of piperazine rings is 1. The highest BCUT2D eigenvalue weighted by Crippen LogP contribution is 2.32. The molecule has 3 saturated heterocycles. The van der Waals surface area contributed by atoms with Crippen LogP contribution in [0.2, 0.25) is 0 Å². The monoisotopic (exact) mass is 477 g/mol. The zero-order valence-electron chi connectivity index (χ0n) is 20.7. The smallest absolute Gasteiger partial charge is 0.285 e. The number of aromatic nitrogens is 2. The lowest BCUT2D eigenvalue weighted by atomic mass is 9.86. The van der Waals surface area contributed by atoms with Crippen molar-refractivity contribution in [2.24, 2.45) is 5.92 Å². The molecule has 1 amide bonds. The quantitative estimate of drug-likeness (QED) is 0.365. The van der Waals surface area contributed by atoms with Crippen molar-refractivity contribution in [3.05, 3.63) is 23.3 Å². The summed E-state index contributed by atoms with van der Waals surface area (Å²) in [6.45, 7) is 16.8. The van der Waals surface area contributed by atoms with Crippen LogP contribution in [0.3, 0.4) is 0 Å². The third-order valence-electron chi connectivity index (χ3n) is 8.29. The predicted molar refractivity (Wildman–Crippen MR) is 133 cm³/mol. The molecule has 0 aromatic carbocycles. The van der Waals surface area contributed by atoms with E-state index in [0.29, 0.717) is 11.6 Å². The van der Waals surface area contributed by atoms with Crippen LogP contribution >= 0.6 is 12.2 Å². The van der Waals surface area contributed by atoms with Crippen LogP contribution in [-0.4, -0.2) is 103 Å². The Morgan fingerprint density at radius 1 is 1.09 bits per heavy atom. The summed E-state index contributed by atoms with van der Waals surface area (Å²) in [6.07, 6.45) is 5.99. The molecule has 4 rings (SSSR count). The van der Waals surface area contributed by atoms with E-state index in [1.165, 1.54) is 25.7 Å². The molecule has 9 heteroatoms. The minimum Gasteiger partial charge on any atom is -0.358 e. The number of piperidine rings is 2. The van der Waals surface area contributed by atoms with Gasteiger partial charge in [0.15, 0.2) is 0 Å². The predicted octanol–water partition coefficient (Wildman–Crippen LogP) is 2.09. The summed E-state index contributed by atoms with van der Waals surface area (Å²) in [5, 5.41) is 0. The van der Waals surface area contributed by atoms with E-state index < -0.39 is 0 Å². The lowest BCUT2D eigenvalue weighted by molar-refractivity contribution is -0.0222. The van der Waals surface area contributed by atoms with Crippen LogP contribution in [-0.2, 0) is 0 Å². The Morgan fingerprint density at radius 3 is 2.30 bits per heavy atom. The van der Waals surface area contributed by atoms with Gasteiger partial charge in [-0.3, -0.25) is 14.6 Å². The maximum absolute atomic E-state index is 13.2. The number of hydrogen-bond donors (Lipinski definition) is 0. The maximum Gasteiger partial charge on any atom is 0.285 e. The van der Waals surface area contributed by atoms with Crippen molar-refractivity contribution < 1.29 is 9.35 Å². The number of carbonyl (C=O) groups excluding carboxylic acids is 1. The molecule has 0 radical (unpaired) electrons. The molecule has 1 atom stereocenters. The summed E-state index contributed by atoms with van der Waals surface area (Å²) in [7, 11) is 0. The zero-order valence-corrected chi connectivity index (χ0v) is 21.5. The van der Waals surface area contributed by atoms with Gasteiger partial charge in [0.05, 0.1) is 17.0 Å². The molecule has 8 nitrogen and oxygen atoms in total. The Kier molecular flexibility index (Phi) is 7.95. The van der Waals surface area contributed by atoms with Crippen LogP contribution in [0.5, 0.6) is 0 Å². The molecule has 0 saturated carbocycles. The van der Waals surface area contributed by atoms with E-state index in [0.717, 1.165) is 88.2 Å². The van der Waals surface area contributed by atoms with Gasteiger partial charge < -0.3 is 9.45 Å². The summed E-state index contributed by atoms with van der Waals surface area (Å²) < 4.78 is 9.65. The second-order valence-corrected chi connectivity index (χ2v) is 11.2. The fraction of sp³-hybridized carbons (Fsp3) is 0.792. The number of likely N-dealkylation sites (tertiary alicyclic amines) is 1. The molecule has 1 unspecified atom stereocenters. The Labute approximate surface area is 203 Å². The van der Waals surface area contributed by atoms with Gasteiger partial charge in [0.1, 0.15) is 6.33 Å². The summed E-state index contributed by atoms with van der Waals surface area (Å²) in [6, 6.07) is 0.561. The number of carbonyl (C=O) groups is 1. The fourth-order valence-electron chi connectivity index (χ4n) is 5.84. The Balaban J connectivity index is 1.29. The number of aryl methyl sites for hydroxylation is 2. The van der Waals surface area contributed by atoms with Crippen molar-refractivity contribution in [2.75, 3.05) is 52.4 Å². The standard InChI is InChI=1S/C24H40N6O2S/c1-18-15-29(14-13-28(18)16-21-5-9-30(33-32)10-6-21)24(4)7-11-27(12-8-24)23(31)22-19(2)25-17-26-20(22)3/h17-18,21,32H,5-16H2,1-4H3/p+1. The molecule has 1 aromatic heterocycles. The van der Waals surface area contributed by atoms with Crippen molar-refractivity contribution in [1.82, 2.24) is 29.0 Å². The van der Waals surface area contributed by atoms with Crippen LogP contribution < -0.4 is 0 Å². The average Bonchev–Trinajstić information content (AvgIpc) is 2.81. The molecule has 0 bridgehead atoms. The van der Waals surface area contributed by atoms with Gasteiger partial charge in [0, 0.05) is 63.9 Å². The van der Waals surface area contributed by atoms with Crippen LogP contribution in [0.15, 0.2) is 6.33 Å². The molecule has 4 heterocycles. The molecular weight excluding hydrogens is 436 g/mol. The normalized spacial score (nSPS) is 26.0. The molecule has 1 aromatic rings. The number of rotatable bonds is 5. The Bertz CT molecular complexity index is 803. The van der Waals surface area contributed by atoms with E-state index in [-0.39, 0.29) is 11.4 Å². The summed E-state index contributed by atoms with van der Waals surface area (Å²) >= 11 is 1.14. The van der Waals surface area contributed by atoms with Crippen molar-refractivity contribution in [2.45, 2.75) is 65.0 Å². The highest BCUT2D eigenvalue weighted by Gasteiger charge is 2.40. The first-order valence-corrected chi connectivity index (χ1v) is 13.2. The summed E-state index contributed by atoms with van der Waals surface area (Å²) in [4.78, 5) is 29.0. The van der Waals surface area contributed by atoms with Crippen molar-refractivity contribution in [1.29, 1.82) is 0 Å². The van der Waals surface area contributed by atoms with Gasteiger partial charge in [-0.2, -0.15) is 4.31 Å².